The number of carboxylic acid groups (broad SMARTS) is 3. The van der Waals surface area contributed by atoms with Crippen molar-refractivity contribution in [1.29, 1.82) is 0 Å². The lowest BCUT2D eigenvalue weighted by Gasteiger charge is -2.09. The number of thioether (sulfide) groups is 1. The molecule has 8 heteroatoms. The van der Waals surface area contributed by atoms with E-state index in [4.69, 9.17) is 21.1 Å². The minimum Gasteiger partial charge on any atom is -0.481 e. The number of unbranched alkanes of at least 4 members (excludes halogenated alkanes) is 4. The second-order valence-electron chi connectivity index (χ2n) is 5.62. The first-order chi connectivity index (χ1) is 10.8. The Bertz CT molecular complexity index is 377. The third-order valence-corrected chi connectivity index (χ3v) is 4.62. The SMILES string of the molecule is N[C@@H](CSCCCCCCCC(CC(=O)O)C(=O)O)CC(=O)O. The number of aliphatic carboxylic acids is 3. The van der Waals surface area contributed by atoms with Crippen LogP contribution in [0.5, 0.6) is 0 Å². The molecule has 23 heavy (non-hydrogen) atoms. The first-order valence-corrected chi connectivity index (χ1v) is 8.98. The zero-order valence-electron chi connectivity index (χ0n) is 13.3. The summed E-state index contributed by atoms with van der Waals surface area (Å²) in [6, 6.07) is -0.306. The lowest BCUT2D eigenvalue weighted by Crippen LogP contribution is -2.26. The van der Waals surface area contributed by atoms with Gasteiger partial charge in [0.2, 0.25) is 0 Å². The molecular formula is C15H27NO6S. The summed E-state index contributed by atoms with van der Waals surface area (Å²) in [5, 5.41) is 26.1. The predicted octanol–water partition coefficient (Wildman–Crippen LogP) is 2.04. The Kier molecular flexibility index (Phi) is 12.5. The van der Waals surface area contributed by atoms with E-state index in [1.807, 2.05) is 0 Å². The highest BCUT2D eigenvalue weighted by molar-refractivity contribution is 7.99. The van der Waals surface area contributed by atoms with Gasteiger partial charge in [-0.2, -0.15) is 11.8 Å². The maximum atomic E-state index is 10.9. The maximum Gasteiger partial charge on any atom is 0.307 e. The standard InChI is InChI=1S/C15H27NO6S/c16-12(9-14(19)20)10-23-7-5-3-1-2-4-6-11(15(21)22)8-13(17)18/h11-12H,1-10,16H2,(H,17,18)(H,19,20)(H,21,22)/t11?,12-/m1/s1. The van der Waals surface area contributed by atoms with Gasteiger partial charge in [-0.1, -0.05) is 25.7 Å². The Morgan fingerprint density at radius 1 is 0.870 bits per heavy atom. The van der Waals surface area contributed by atoms with Gasteiger partial charge in [0, 0.05) is 11.8 Å². The first kappa shape index (κ1) is 21.7. The largest absolute Gasteiger partial charge is 0.481 e. The average molecular weight is 349 g/mol. The van der Waals surface area contributed by atoms with Gasteiger partial charge in [0.1, 0.15) is 0 Å². The lowest BCUT2D eigenvalue weighted by atomic mass is 9.97. The molecule has 0 bridgehead atoms. The van der Waals surface area contributed by atoms with Crippen molar-refractivity contribution in [2.45, 2.75) is 57.4 Å². The normalized spacial score (nSPS) is 13.4. The van der Waals surface area contributed by atoms with Gasteiger partial charge in [-0.25, -0.2) is 0 Å². The third kappa shape index (κ3) is 14.1. The van der Waals surface area contributed by atoms with Crippen LogP contribution in [0.4, 0.5) is 0 Å². The molecule has 7 nitrogen and oxygen atoms in total. The molecule has 0 saturated heterocycles. The number of nitrogens with two attached hydrogens (primary N) is 1. The molecule has 0 aromatic carbocycles. The molecule has 0 fully saturated rings. The van der Waals surface area contributed by atoms with E-state index in [0.29, 0.717) is 12.2 Å². The van der Waals surface area contributed by atoms with Crippen LogP contribution in [0, 0.1) is 5.92 Å². The summed E-state index contributed by atoms with van der Waals surface area (Å²) in [5.74, 6) is -2.21. The van der Waals surface area contributed by atoms with E-state index < -0.39 is 23.8 Å². The quantitative estimate of drug-likeness (QED) is 0.329. The van der Waals surface area contributed by atoms with Crippen LogP contribution in [0.1, 0.15) is 51.4 Å². The molecule has 0 spiro atoms. The van der Waals surface area contributed by atoms with Gasteiger partial charge in [0.15, 0.2) is 0 Å². The summed E-state index contributed by atoms with van der Waals surface area (Å²) in [5.41, 5.74) is 5.65. The number of rotatable bonds is 15. The molecule has 0 saturated carbocycles. The number of carbonyl (C=O) groups is 3. The first-order valence-electron chi connectivity index (χ1n) is 7.82. The number of hydrogen-bond acceptors (Lipinski definition) is 5. The molecule has 0 aliphatic rings. The van der Waals surface area contributed by atoms with Gasteiger partial charge < -0.3 is 21.1 Å². The summed E-state index contributed by atoms with van der Waals surface area (Å²) in [6.45, 7) is 0. The Morgan fingerprint density at radius 2 is 1.43 bits per heavy atom. The van der Waals surface area contributed by atoms with Crippen molar-refractivity contribution in [3.8, 4) is 0 Å². The molecule has 0 radical (unpaired) electrons. The maximum absolute atomic E-state index is 10.9. The predicted molar refractivity (Wildman–Crippen MR) is 88.6 cm³/mol. The van der Waals surface area contributed by atoms with Gasteiger partial charge in [0.05, 0.1) is 18.8 Å². The average Bonchev–Trinajstić information content (AvgIpc) is 2.42. The van der Waals surface area contributed by atoms with E-state index in [-0.39, 0.29) is 18.9 Å². The highest BCUT2D eigenvalue weighted by atomic mass is 32.2. The molecule has 0 amide bonds. The van der Waals surface area contributed by atoms with Crippen molar-refractivity contribution >= 4 is 29.7 Å². The fourth-order valence-electron chi connectivity index (χ4n) is 2.17. The van der Waals surface area contributed by atoms with Crippen LogP contribution >= 0.6 is 11.8 Å². The number of carboxylic acids is 3. The third-order valence-electron chi connectivity index (χ3n) is 3.38. The molecule has 0 heterocycles. The highest BCUT2D eigenvalue weighted by Crippen LogP contribution is 2.16. The van der Waals surface area contributed by atoms with Crippen molar-refractivity contribution in [2.24, 2.45) is 11.7 Å². The molecule has 2 atom stereocenters. The van der Waals surface area contributed by atoms with Crippen LogP contribution in [-0.4, -0.2) is 50.8 Å². The second-order valence-corrected chi connectivity index (χ2v) is 6.77. The number of hydrogen-bond donors (Lipinski definition) is 4. The Hall–Kier alpha value is -1.28. The Labute approximate surface area is 140 Å². The van der Waals surface area contributed by atoms with Crippen LogP contribution in [0.15, 0.2) is 0 Å². The molecule has 0 aromatic rings. The van der Waals surface area contributed by atoms with Crippen LogP contribution in [-0.2, 0) is 14.4 Å². The van der Waals surface area contributed by atoms with Crippen molar-refractivity contribution in [1.82, 2.24) is 0 Å². The van der Waals surface area contributed by atoms with Gasteiger partial charge in [-0.3, -0.25) is 14.4 Å². The highest BCUT2D eigenvalue weighted by Gasteiger charge is 2.20. The van der Waals surface area contributed by atoms with Crippen LogP contribution in [0.25, 0.3) is 0 Å². The van der Waals surface area contributed by atoms with Crippen LogP contribution < -0.4 is 5.73 Å². The lowest BCUT2D eigenvalue weighted by molar-refractivity contribution is -0.148. The van der Waals surface area contributed by atoms with E-state index in [0.717, 1.165) is 37.9 Å². The van der Waals surface area contributed by atoms with Crippen LogP contribution in [0.2, 0.25) is 0 Å². The summed E-state index contributed by atoms with van der Waals surface area (Å²) < 4.78 is 0. The Morgan fingerprint density at radius 3 is 2.00 bits per heavy atom. The zero-order chi connectivity index (χ0) is 17.7. The Balaban J connectivity index is 3.50. The van der Waals surface area contributed by atoms with E-state index in [1.165, 1.54) is 0 Å². The minimum absolute atomic E-state index is 0.00587. The summed E-state index contributed by atoms with van der Waals surface area (Å²) >= 11 is 1.65. The second kappa shape index (κ2) is 13.2. The van der Waals surface area contributed by atoms with E-state index >= 15 is 0 Å². The van der Waals surface area contributed by atoms with Crippen molar-refractivity contribution < 1.29 is 29.7 Å². The molecule has 5 N–H and O–H groups in total. The van der Waals surface area contributed by atoms with Gasteiger partial charge in [-0.15, -0.1) is 0 Å². The zero-order valence-corrected chi connectivity index (χ0v) is 14.1. The van der Waals surface area contributed by atoms with E-state index in [2.05, 4.69) is 0 Å². The topological polar surface area (TPSA) is 138 Å². The minimum atomic E-state index is -1.07. The molecule has 134 valence electrons. The molecule has 1 unspecified atom stereocenters. The van der Waals surface area contributed by atoms with Crippen molar-refractivity contribution in [3.63, 3.8) is 0 Å². The van der Waals surface area contributed by atoms with Gasteiger partial charge in [0.25, 0.3) is 0 Å². The van der Waals surface area contributed by atoms with Crippen LogP contribution in [0.3, 0.4) is 0 Å². The summed E-state index contributed by atoms with van der Waals surface area (Å²) in [7, 11) is 0. The summed E-state index contributed by atoms with van der Waals surface area (Å²) in [6.07, 6.45) is 4.73. The fraction of sp³-hybridized carbons (Fsp3) is 0.800. The molecule has 0 rings (SSSR count). The molecule has 0 aromatic heterocycles. The smallest absolute Gasteiger partial charge is 0.307 e. The van der Waals surface area contributed by atoms with Crippen molar-refractivity contribution in [2.75, 3.05) is 11.5 Å². The van der Waals surface area contributed by atoms with E-state index in [9.17, 15) is 14.4 Å². The monoisotopic (exact) mass is 349 g/mol. The van der Waals surface area contributed by atoms with Crippen molar-refractivity contribution in [3.05, 3.63) is 0 Å². The molecular weight excluding hydrogens is 322 g/mol. The van der Waals surface area contributed by atoms with Gasteiger partial charge in [-0.05, 0) is 18.6 Å². The summed E-state index contributed by atoms with van der Waals surface area (Å²) in [4.78, 5) is 31.9. The van der Waals surface area contributed by atoms with Gasteiger partial charge >= 0.3 is 17.9 Å². The van der Waals surface area contributed by atoms with E-state index in [1.54, 1.807) is 11.8 Å². The fourth-order valence-corrected chi connectivity index (χ4v) is 3.16. The molecule has 0 aliphatic heterocycles. The molecule has 0 aliphatic carbocycles.